The quantitative estimate of drug-likeness (QED) is 0.235. The molecule has 2 saturated heterocycles. The van der Waals surface area contributed by atoms with Crippen molar-refractivity contribution in [2.24, 2.45) is 35.5 Å². The molecule has 0 aromatic carbocycles. The number of tetrazole rings is 1. The van der Waals surface area contributed by atoms with Gasteiger partial charge in [-0.2, -0.15) is 0 Å². The molecule has 2 bridgehead atoms. The Bertz CT molecular complexity index is 2020. The summed E-state index contributed by atoms with van der Waals surface area (Å²) in [6.07, 6.45) is 14.0. The van der Waals surface area contributed by atoms with E-state index in [-0.39, 0.29) is 60.9 Å². The summed E-state index contributed by atoms with van der Waals surface area (Å²) in [6, 6.07) is -1.20. The van der Waals surface area contributed by atoms with E-state index in [1.54, 1.807) is 52.1 Å². The third kappa shape index (κ3) is 14.2. The van der Waals surface area contributed by atoms with Gasteiger partial charge in [-0.3, -0.25) is 19.2 Å². The number of aromatic nitrogens is 4. The van der Waals surface area contributed by atoms with Crippen LogP contribution in [0.15, 0.2) is 53.9 Å². The number of ether oxygens (including phenoxy) is 5. The van der Waals surface area contributed by atoms with Gasteiger partial charge in [-0.15, -0.1) is 5.10 Å². The van der Waals surface area contributed by atoms with E-state index in [0.29, 0.717) is 56.9 Å². The van der Waals surface area contributed by atoms with Gasteiger partial charge >= 0.3 is 5.97 Å². The molecule has 1 aromatic rings. The van der Waals surface area contributed by atoms with Crippen molar-refractivity contribution in [2.75, 3.05) is 27.9 Å². The highest BCUT2D eigenvalue weighted by Gasteiger charge is 2.53. The van der Waals surface area contributed by atoms with Crippen molar-refractivity contribution >= 4 is 29.2 Å². The number of aliphatic hydroxyl groups excluding tert-OH is 1. The van der Waals surface area contributed by atoms with Crippen LogP contribution in [0.1, 0.15) is 132 Å². The highest BCUT2D eigenvalue weighted by atomic mass is 16.6. The van der Waals surface area contributed by atoms with Crippen LogP contribution in [0.25, 0.3) is 0 Å². The van der Waals surface area contributed by atoms with Crippen LogP contribution in [0.4, 0.5) is 0 Å². The number of carbonyl (C=O) groups excluding carboxylic acids is 5. The Morgan fingerprint density at radius 2 is 1.65 bits per heavy atom. The molecule has 17 nitrogen and oxygen atoms in total. The van der Waals surface area contributed by atoms with Crippen molar-refractivity contribution in [3.05, 3.63) is 53.9 Å². The number of aliphatic hydroxyl groups is 2. The van der Waals surface area contributed by atoms with Crippen LogP contribution >= 0.6 is 0 Å². The van der Waals surface area contributed by atoms with Gasteiger partial charge in [-0.05, 0) is 117 Å². The predicted octanol–water partition coefficient (Wildman–Crippen LogP) is 6.05. The van der Waals surface area contributed by atoms with Crippen molar-refractivity contribution in [1.29, 1.82) is 0 Å². The van der Waals surface area contributed by atoms with E-state index in [1.807, 2.05) is 58.1 Å². The summed E-state index contributed by atoms with van der Waals surface area (Å²) in [5, 5.41) is 35.2. The number of carbonyl (C=O) groups is 5. The first-order chi connectivity index (χ1) is 32.8. The normalized spacial score (nSPS) is 36.3. The number of methoxy groups -OCH3 is 3. The zero-order valence-electron chi connectivity index (χ0n) is 42.5. The van der Waals surface area contributed by atoms with E-state index in [2.05, 4.69) is 15.5 Å². The smallest absolute Gasteiger partial charge is 0.329 e. The average molecular weight is 966 g/mol. The minimum atomic E-state index is -2.43. The second-order valence-corrected chi connectivity index (χ2v) is 20.4. The molecule has 1 saturated carbocycles. The van der Waals surface area contributed by atoms with Gasteiger partial charge in [0, 0.05) is 58.5 Å². The number of rotatable bonds is 7. The summed E-state index contributed by atoms with van der Waals surface area (Å²) in [5.41, 5.74) is 1.20. The maximum atomic E-state index is 14.5. The first-order valence-electron chi connectivity index (χ1n) is 25.0. The largest absolute Gasteiger partial charge is 0.460 e. The molecule has 1 aliphatic carbocycles. The van der Waals surface area contributed by atoms with Gasteiger partial charge in [0.1, 0.15) is 24.6 Å². The van der Waals surface area contributed by atoms with Crippen molar-refractivity contribution in [1.82, 2.24) is 25.1 Å². The number of hydrogen-bond acceptors (Lipinski definition) is 15. The fourth-order valence-electron chi connectivity index (χ4n) is 10.8. The van der Waals surface area contributed by atoms with E-state index in [1.165, 1.54) is 12.0 Å². The summed E-state index contributed by atoms with van der Waals surface area (Å²) in [6.45, 7) is 12.8. The lowest BCUT2D eigenvalue weighted by Crippen LogP contribution is -2.61. The maximum absolute atomic E-state index is 14.5. The Kier molecular flexibility index (Phi) is 20.8. The van der Waals surface area contributed by atoms with E-state index in [0.717, 1.165) is 18.4 Å². The van der Waals surface area contributed by atoms with Gasteiger partial charge in [0.05, 0.1) is 30.5 Å². The third-order valence-electron chi connectivity index (χ3n) is 15.2. The van der Waals surface area contributed by atoms with Crippen LogP contribution < -0.4 is 0 Å². The molecular formula is C52H79N5O12. The molecule has 5 rings (SSSR count). The minimum Gasteiger partial charge on any atom is -0.460 e. The van der Waals surface area contributed by atoms with Gasteiger partial charge < -0.3 is 38.8 Å². The lowest BCUT2D eigenvalue weighted by molar-refractivity contribution is -0.265. The highest BCUT2D eigenvalue weighted by molar-refractivity contribution is 6.39. The molecule has 4 heterocycles. The fraction of sp³-hybridized carbons (Fsp3) is 0.731. The van der Waals surface area contributed by atoms with Crippen LogP contribution in [0.3, 0.4) is 0 Å². The van der Waals surface area contributed by atoms with Gasteiger partial charge in [-0.25, -0.2) is 9.48 Å². The molecule has 15 atom stereocenters. The van der Waals surface area contributed by atoms with Crippen LogP contribution in [0.2, 0.25) is 0 Å². The number of hydrogen-bond donors (Lipinski definition) is 2. The van der Waals surface area contributed by atoms with E-state index >= 15 is 0 Å². The van der Waals surface area contributed by atoms with Crippen molar-refractivity contribution < 1.29 is 57.9 Å². The second-order valence-electron chi connectivity index (χ2n) is 20.4. The molecule has 69 heavy (non-hydrogen) atoms. The Labute approximate surface area is 408 Å². The summed E-state index contributed by atoms with van der Waals surface area (Å²) in [4.78, 5) is 72.3. The molecule has 1 aromatic heterocycles. The zero-order chi connectivity index (χ0) is 50.6. The van der Waals surface area contributed by atoms with Crippen molar-refractivity contribution in [3.63, 3.8) is 0 Å². The summed E-state index contributed by atoms with van der Waals surface area (Å²) in [5.74, 6) is -7.89. The molecule has 3 aliphatic heterocycles. The monoisotopic (exact) mass is 966 g/mol. The summed E-state index contributed by atoms with van der Waals surface area (Å²) in [7, 11) is 4.63. The molecule has 5 unspecified atom stereocenters. The first-order valence-corrected chi connectivity index (χ1v) is 25.0. The van der Waals surface area contributed by atoms with Gasteiger partial charge in [0.25, 0.3) is 11.7 Å². The average Bonchev–Trinajstić information content (AvgIpc) is 3.88. The Balaban J connectivity index is 1.46. The number of nitrogens with zero attached hydrogens (tertiary/aromatic N) is 5. The second kappa shape index (κ2) is 25.7. The van der Waals surface area contributed by atoms with Crippen LogP contribution in [-0.4, -0.2) is 141 Å². The molecule has 2 N–H and O–H groups in total. The third-order valence-corrected chi connectivity index (χ3v) is 15.2. The van der Waals surface area contributed by atoms with E-state index in [9.17, 15) is 34.2 Å². The summed E-state index contributed by atoms with van der Waals surface area (Å²) < 4.78 is 31.6. The number of fused-ring (bicyclic) bond motifs is 3. The van der Waals surface area contributed by atoms with Crippen molar-refractivity contribution in [2.45, 2.75) is 180 Å². The lowest BCUT2D eigenvalue weighted by Gasteiger charge is -2.42. The number of cyclic esters (lactones) is 1. The number of Topliss-reactive ketones (excluding diaryl/α,β-unsaturated/α-hetero) is 3. The molecular weight excluding hydrogens is 887 g/mol. The highest BCUT2D eigenvalue weighted by Crippen LogP contribution is 2.39. The molecule has 0 spiro atoms. The van der Waals surface area contributed by atoms with Crippen LogP contribution in [0, 0.1) is 35.5 Å². The Hall–Kier alpha value is -4.26. The van der Waals surface area contributed by atoms with Crippen LogP contribution in [0.5, 0.6) is 0 Å². The minimum absolute atomic E-state index is 0.0197. The number of piperidine rings is 1. The Morgan fingerprint density at radius 3 is 2.33 bits per heavy atom. The fourth-order valence-corrected chi connectivity index (χ4v) is 10.8. The zero-order valence-corrected chi connectivity index (χ0v) is 42.5. The van der Waals surface area contributed by atoms with Gasteiger partial charge in [-0.1, -0.05) is 71.1 Å². The summed E-state index contributed by atoms with van der Waals surface area (Å²) >= 11 is 0. The number of esters is 1. The Morgan fingerprint density at radius 1 is 0.899 bits per heavy atom. The van der Waals surface area contributed by atoms with Gasteiger partial charge in [0.2, 0.25) is 5.79 Å². The van der Waals surface area contributed by atoms with Crippen molar-refractivity contribution in [3.8, 4) is 0 Å². The van der Waals surface area contributed by atoms with E-state index < -0.39 is 77.8 Å². The molecule has 3 fully saturated rings. The molecule has 384 valence electrons. The molecule has 1 amide bonds. The number of allylic oxidation sites excluding steroid dienone is 6. The number of amides is 1. The molecule has 4 aliphatic rings. The topological polar surface area (TPSA) is 219 Å². The first kappa shape index (κ1) is 55.7. The lowest BCUT2D eigenvalue weighted by atomic mass is 9.77. The van der Waals surface area contributed by atoms with Crippen LogP contribution in [-0.2, 0) is 47.7 Å². The maximum Gasteiger partial charge on any atom is 0.329 e. The van der Waals surface area contributed by atoms with Gasteiger partial charge in [0.15, 0.2) is 11.6 Å². The predicted molar refractivity (Wildman–Crippen MR) is 256 cm³/mol. The molecule has 17 heteroatoms. The molecule has 0 radical (unpaired) electrons. The SMILES string of the molecule is COC1C(=O)C(C)C[C@H](C)C=CC=CC=C(C)[C@@H](OC)C[C@@H]2CC[C@@H](C)[C@@](O)(O2)C(=O)C(=O)N2CCCCC2C(=O)OC([C@H](C)C[C@@H]2CC[C@H](n3cnnn3)[C@H](OC)C2)CC(=O)C(C)=CC(C)[C@H]1O. The number of ketones is 3. The standard InChI is InChI=1S/C52H79N5O12/c1-31-16-12-11-13-17-32(2)43(65-8)28-39-21-19-37(7)52(64,69-39)49(61)50(62)56-23-15-14-18-41(56)51(63)68-44(34(4)26-38-20-22-40(45(27-38)66-9)57-30-53-54-55-57)29-42(58)33(3)25-36(6)47(60)48(67-10)46(59)35(5)24-31/h11-13,16-17,25,30-31,34-41,43-45,47-48,60,64H,14-15,18-24,26-29H2,1-10H3/t31-,34-,35?,36?,37-,38+,39+,40+,41?,43+,44?,45-,47-,48?,52-/m1/s1. The van der Waals surface area contributed by atoms with E-state index in [4.69, 9.17) is 23.7 Å².